The maximum atomic E-state index is 9.25. The van der Waals surface area contributed by atoms with E-state index in [4.69, 9.17) is 15.3 Å². The molecule has 1 aliphatic rings. The quantitative estimate of drug-likeness (QED) is 0.462. The Morgan fingerprint density at radius 1 is 1.58 bits per heavy atom. The largest absolute Gasteiger partial charge is 0.478 e. The molecule has 0 radical (unpaired) electrons. The molecule has 0 saturated carbocycles. The van der Waals surface area contributed by atoms with E-state index in [9.17, 15) is 4.79 Å². The molecule has 0 aromatic carbocycles. The molecule has 2 unspecified atom stereocenters. The molecule has 1 aliphatic heterocycles. The smallest absolute Gasteiger partial charge is 0.327 e. The Morgan fingerprint density at radius 3 is 2.17 bits per heavy atom. The first-order valence-electron chi connectivity index (χ1n) is 3.41. The van der Waals surface area contributed by atoms with Gasteiger partial charge in [0.15, 0.2) is 6.29 Å². The molecule has 2 atom stereocenters. The second kappa shape index (κ2) is 5.70. The van der Waals surface area contributed by atoms with Crippen molar-refractivity contribution in [2.45, 2.75) is 18.8 Å². The minimum atomic E-state index is -0.981. The average Bonchev–Trinajstić information content (AvgIpc) is 2.37. The number of carbonyl (C=O) groups is 1. The summed E-state index contributed by atoms with van der Waals surface area (Å²) < 4.78 is 4.57. The summed E-state index contributed by atoms with van der Waals surface area (Å²) in [6.07, 6.45) is -0.193. The van der Waals surface area contributed by atoms with Crippen molar-refractivity contribution in [3.05, 3.63) is 12.7 Å². The molecule has 0 aliphatic carbocycles. The Hall–Kier alpha value is -0.910. The fraction of sp³-hybridized carbons (Fsp3) is 0.571. The summed E-state index contributed by atoms with van der Waals surface area (Å²) in [4.78, 5) is 9.25. The van der Waals surface area contributed by atoms with E-state index in [1.165, 1.54) is 0 Å². The molecule has 0 bridgehead atoms. The third-order valence-electron chi connectivity index (χ3n) is 1.21. The fourth-order valence-corrected chi connectivity index (χ4v) is 0.563. The first-order chi connectivity index (χ1) is 5.57. The van der Waals surface area contributed by atoms with Gasteiger partial charge in [0.05, 0.1) is 6.61 Å². The van der Waals surface area contributed by atoms with Crippen molar-refractivity contribution in [2.75, 3.05) is 6.61 Å². The van der Waals surface area contributed by atoms with Crippen molar-refractivity contribution >= 4 is 5.97 Å². The van der Waals surface area contributed by atoms with Crippen LogP contribution in [0.1, 0.15) is 6.42 Å². The first kappa shape index (κ1) is 11.1. The van der Waals surface area contributed by atoms with E-state index < -0.39 is 18.4 Å². The molecular formula is C7H12O5. The third-order valence-corrected chi connectivity index (χ3v) is 1.21. The van der Waals surface area contributed by atoms with Gasteiger partial charge in [-0.2, -0.15) is 0 Å². The van der Waals surface area contributed by atoms with Gasteiger partial charge in [0.25, 0.3) is 0 Å². The van der Waals surface area contributed by atoms with Crippen molar-refractivity contribution in [1.82, 2.24) is 0 Å². The van der Waals surface area contributed by atoms with Crippen LogP contribution in [0.4, 0.5) is 0 Å². The number of carboxylic acid groups (broad SMARTS) is 1. The van der Waals surface area contributed by atoms with Crippen molar-refractivity contribution in [2.24, 2.45) is 0 Å². The van der Waals surface area contributed by atoms with Gasteiger partial charge in [-0.3, -0.25) is 0 Å². The molecule has 12 heavy (non-hydrogen) atoms. The van der Waals surface area contributed by atoms with Crippen LogP contribution in [0.15, 0.2) is 12.7 Å². The van der Waals surface area contributed by atoms with Gasteiger partial charge < -0.3 is 20.1 Å². The molecule has 3 N–H and O–H groups in total. The summed E-state index contributed by atoms with van der Waals surface area (Å²) >= 11 is 0. The van der Waals surface area contributed by atoms with Crippen LogP contribution >= 0.6 is 0 Å². The third kappa shape index (κ3) is 4.84. The highest BCUT2D eigenvalue weighted by atomic mass is 16.6. The van der Waals surface area contributed by atoms with Crippen LogP contribution in [0, 0.1) is 0 Å². The highest BCUT2D eigenvalue weighted by Crippen LogP contribution is 2.08. The number of aliphatic carboxylic acids is 1. The van der Waals surface area contributed by atoms with Crippen LogP contribution in [0.3, 0.4) is 0 Å². The van der Waals surface area contributed by atoms with Crippen molar-refractivity contribution in [3.8, 4) is 0 Å². The number of ether oxygens (including phenoxy) is 1. The summed E-state index contributed by atoms with van der Waals surface area (Å²) in [5.74, 6) is -0.981. The first-order valence-corrected chi connectivity index (χ1v) is 3.41. The Kier molecular flexibility index (Phi) is 5.27. The molecule has 5 nitrogen and oxygen atoms in total. The molecule has 1 heterocycles. The topological polar surface area (TPSA) is 87.0 Å². The lowest BCUT2D eigenvalue weighted by Gasteiger charge is -2.02. The lowest BCUT2D eigenvalue weighted by atomic mass is 10.3. The fourth-order valence-electron chi connectivity index (χ4n) is 0.563. The summed E-state index contributed by atoms with van der Waals surface area (Å²) in [6, 6.07) is 0. The van der Waals surface area contributed by atoms with E-state index >= 15 is 0 Å². The van der Waals surface area contributed by atoms with Crippen molar-refractivity contribution < 1.29 is 24.9 Å². The molecule has 0 spiro atoms. The van der Waals surface area contributed by atoms with Gasteiger partial charge >= 0.3 is 5.97 Å². The molecule has 0 aromatic heterocycles. The molecule has 1 saturated heterocycles. The summed E-state index contributed by atoms with van der Waals surface area (Å²) in [5.41, 5.74) is 0. The highest BCUT2D eigenvalue weighted by Gasteiger charge is 2.22. The summed E-state index contributed by atoms with van der Waals surface area (Å²) in [7, 11) is 0. The second-order valence-electron chi connectivity index (χ2n) is 2.16. The van der Waals surface area contributed by atoms with Crippen LogP contribution in [0.5, 0.6) is 0 Å². The van der Waals surface area contributed by atoms with Gasteiger partial charge in [-0.15, -0.1) is 0 Å². The SMILES string of the molecule is C=CC(=O)O.OC1CCOC1O. The van der Waals surface area contributed by atoms with Crippen molar-refractivity contribution in [1.29, 1.82) is 0 Å². The van der Waals surface area contributed by atoms with Crippen molar-refractivity contribution in [3.63, 3.8) is 0 Å². The van der Waals surface area contributed by atoms with Crippen LogP contribution in [-0.2, 0) is 9.53 Å². The van der Waals surface area contributed by atoms with Gasteiger partial charge in [0.2, 0.25) is 0 Å². The molecular weight excluding hydrogens is 164 g/mol. The Bertz CT molecular complexity index is 148. The summed E-state index contributed by atoms with van der Waals surface area (Å²) in [5, 5.41) is 24.8. The summed E-state index contributed by atoms with van der Waals surface area (Å²) in [6.45, 7) is 3.44. The van der Waals surface area contributed by atoms with E-state index in [-0.39, 0.29) is 0 Å². The minimum absolute atomic E-state index is 0.475. The van der Waals surface area contributed by atoms with Gasteiger partial charge in [-0.1, -0.05) is 6.58 Å². The average molecular weight is 176 g/mol. The number of hydrogen-bond acceptors (Lipinski definition) is 4. The standard InChI is InChI=1S/C4H8O3.C3H4O2/c5-3-1-2-7-4(3)6;1-2-3(4)5/h3-6H,1-2H2;2H,1H2,(H,4,5). The van der Waals surface area contributed by atoms with E-state index in [1.807, 2.05) is 0 Å². The normalized spacial score (nSPS) is 27.2. The number of aliphatic hydroxyl groups is 2. The molecule has 70 valence electrons. The van der Waals surface area contributed by atoms with Crippen LogP contribution in [0.2, 0.25) is 0 Å². The molecule has 0 amide bonds. The number of aliphatic hydroxyl groups excluding tert-OH is 2. The van der Waals surface area contributed by atoms with E-state index in [0.717, 1.165) is 6.08 Å². The van der Waals surface area contributed by atoms with E-state index in [0.29, 0.717) is 13.0 Å². The number of carboxylic acids is 1. The second-order valence-corrected chi connectivity index (χ2v) is 2.16. The Morgan fingerprint density at radius 2 is 2.08 bits per heavy atom. The predicted molar refractivity (Wildman–Crippen MR) is 40.4 cm³/mol. The van der Waals surface area contributed by atoms with Gasteiger partial charge in [-0.25, -0.2) is 4.79 Å². The highest BCUT2D eigenvalue weighted by molar-refractivity contribution is 5.78. The van der Waals surface area contributed by atoms with E-state index in [2.05, 4.69) is 11.3 Å². The Balaban J connectivity index is 0.000000217. The Labute approximate surface area is 69.9 Å². The predicted octanol–water partition coefficient (Wildman–Crippen LogP) is -0.657. The van der Waals surface area contributed by atoms with E-state index in [1.54, 1.807) is 0 Å². The van der Waals surface area contributed by atoms with Crippen LogP contribution < -0.4 is 0 Å². The lowest BCUT2D eigenvalue weighted by Crippen LogP contribution is -2.18. The lowest BCUT2D eigenvalue weighted by molar-refractivity contribution is -0.131. The maximum Gasteiger partial charge on any atom is 0.327 e. The zero-order chi connectivity index (χ0) is 9.56. The van der Waals surface area contributed by atoms with Gasteiger partial charge in [0, 0.05) is 12.5 Å². The molecule has 1 fully saturated rings. The molecule has 5 heteroatoms. The minimum Gasteiger partial charge on any atom is -0.478 e. The zero-order valence-electron chi connectivity index (χ0n) is 6.51. The van der Waals surface area contributed by atoms with Gasteiger partial charge in [-0.05, 0) is 0 Å². The monoisotopic (exact) mass is 176 g/mol. The molecule has 0 aromatic rings. The maximum absolute atomic E-state index is 9.25. The molecule has 1 rings (SSSR count). The zero-order valence-corrected chi connectivity index (χ0v) is 6.51. The van der Waals surface area contributed by atoms with Crippen LogP contribution in [-0.4, -0.2) is 40.3 Å². The number of rotatable bonds is 1. The van der Waals surface area contributed by atoms with Gasteiger partial charge in [0.1, 0.15) is 6.10 Å². The number of hydrogen-bond donors (Lipinski definition) is 3. The van der Waals surface area contributed by atoms with Crippen LogP contribution in [0.25, 0.3) is 0 Å².